The average Bonchev–Trinajstić information content (AvgIpc) is 3.83. The number of nitrogens with one attached hydrogen (secondary N) is 4. The van der Waals surface area contributed by atoms with Gasteiger partial charge >= 0.3 is 0 Å². The fourth-order valence-electron chi connectivity index (χ4n) is 5.81. The van der Waals surface area contributed by atoms with Gasteiger partial charge in [-0.2, -0.15) is 0 Å². The van der Waals surface area contributed by atoms with Crippen molar-refractivity contribution in [1.82, 2.24) is 36.1 Å². The SMILES string of the molecule is C=CCNC(=O)C(=O)C(CC1CC1)NC(=O)C1CCCN1C(=O)CNC(=O)C(NC(=O)c1cnccn1)C1CCCCC1.CC.CC.CC(C)C. The molecule has 1 aliphatic heterocycles. The minimum Gasteiger partial charge on any atom is -0.346 e. The van der Waals surface area contributed by atoms with Crippen LogP contribution in [-0.4, -0.2) is 87.9 Å². The summed E-state index contributed by atoms with van der Waals surface area (Å²) < 4.78 is 0. The quantitative estimate of drug-likeness (QED) is 0.164. The lowest BCUT2D eigenvalue weighted by Crippen LogP contribution is -2.56. The van der Waals surface area contributed by atoms with Crippen molar-refractivity contribution in [1.29, 1.82) is 0 Å². The van der Waals surface area contributed by atoms with E-state index in [-0.39, 0.29) is 30.6 Å². The summed E-state index contributed by atoms with van der Waals surface area (Å²) in [6.45, 7) is 18.1. The van der Waals surface area contributed by atoms with Gasteiger partial charge in [-0.25, -0.2) is 4.98 Å². The molecule has 1 aromatic heterocycles. The number of carbonyl (C=O) groups excluding carboxylic acids is 6. The van der Waals surface area contributed by atoms with Crippen LogP contribution in [0.15, 0.2) is 31.2 Å². The molecule has 4 rings (SSSR count). The summed E-state index contributed by atoms with van der Waals surface area (Å²) in [6.07, 6.45) is 13.3. The molecule has 1 aromatic rings. The smallest absolute Gasteiger partial charge is 0.289 e. The molecule has 2 saturated carbocycles. The van der Waals surface area contributed by atoms with Crippen molar-refractivity contribution in [2.45, 2.75) is 131 Å². The van der Waals surface area contributed by atoms with Crippen molar-refractivity contribution in [2.24, 2.45) is 17.8 Å². The van der Waals surface area contributed by atoms with E-state index in [2.05, 4.69) is 58.6 Å². The zero-order chi connectivity index (χ0) is 38.3. The number of aromatic nitrogens is 2. The van der Waals surface area contributed by atoms with Crippen molar-refractivity contribution < 1.29 is 28.8 Å². The summed E-state index contributed by atoms with van der Waals surface area (Å²) in [6, 6.07) is -2.64. The van der Waals surface area contributed by atoms with Crippen LogP contribution in [-0.2, 0) is 24.0 Å². The Kier molecular flexibility index (Phi) is 21.9. The summed E-state index contributed by atoms with van der Waals surface area (Å²) in [5, 5.41) is 10.6. The molecule has 1 saturated heterocycles. The van der Waals surface area contributed by atoms with Crippen LogP contribution in [0.3, 0.4) is 0 Å². The molecule has 13 nitrogen and oxygen atoms in total. The first kappa shape index (κ1) is 44.9. The van der Waals surface area contributed by atoms with Gasteiger partial charge in [0, 0.05) is 25.5 Å². The molecule has 13 heteroatoms. The van der Waals surface area contributed by atoms with Crippen molar-refractivity contribution in [3.8, 4) is 0 Å². The lowest BCUT2D eigenvalue weighted by atomic mass is 9.83. The van der Waals surface area contributed by atoms with E-state index < -0.39 is 53.4 Å². The highest BCUT2D eigenvalue weighted by Crippen LogP contribution is 2.34. The minimum atomic E-state index is -0.976. The zero-order valence-corrected chi connectivity index (χ0v) is 32.0. The number of hydrogen-bond donors (Lipinski definition) is 4. The summed E-state index contributed by atoms with van der Waals surface area (Å²) >= 11 is 0. The predicted octanol–water partition coefficient (Wildman–Crippen LogP) is 4.13. The maximum Gasteiger partial charge on any atom is 0.289 e. The third-order valence-corrected chi connectivity index (χ3v) is 8.31. The van der Waals surface area contributed by atoms with Gasteiger partial charge in [-0.15, -0.1) is 6.58 Å². The molecule has 3 aliphatic rings. The van der Waals surface area contributed by atoms with Gasteiger partial charge in [0.2, 0.25) is 23.5 Å². The molecule has 0 bridgehead atoms. The van der Waals surface area contributed by atoms with E-state index in [1.807, 2.05) is 27.7 Å². The molecule has 0 spiro atoms. The number of hydrogen-bond acceptors (Lipinski definition) is 8. The van der Waals surface area contributed by atoms with E-state index in [1.165, 1.54) is 29.6 Å². The molecule has 286 valence electrons. The van der Waals surface area contributed by atoms with Crippen molar-refractivity contribution in [3.05, 3.63) is 36.9 Å². The molecule has 2 heterocycles. The average molecular weight is 714 g/mol. The summed E-state index contributed by atoms with van der Waals surface area (Å²) in [5.41, 5.74) is 0.0924. The lowest BCUT2D eigenvalue weighted by Gasteiger charge is -2.30. The Morgan fingerprint density at radius 1 is 0.882 bits per heavy atom. The number of amides is 5. The molecule has 0 radical (unpaired) electrons. The zero-order valence-electron chi connectivity index (χ0n) is 32.0. The molecule has 0 aromatic carbocycles. The van der Waals surface area contributed by atoms with Gasteiger partial charge in [-0.3, -0.25) is 33.8 Å². The normalized spacial score (nSPS) is 17.7. The topological polar surface area (TPSA) is 180 Å². The molecular weight excluding hydrogens is 650 g/mol. The number of carbonyl (C=O) groups is 6. The van der Waals surface area contributed by atoms with E-state index in [1.54, 1.807) is 0 Å². The highest BCUT2D eigenvalue weighted by molar-refractivity contribution is 6.38. The lowest BCUT2D eigenvalue weighted by molar-refractivity contribution is -0.142. The number of rotatable bonds is 14. The first-order valence-electron chi connectivity index (χ1n) is 18.9. The van der Waals surface area contributed by atoms with Crippen LogP contribution >= 0.6 is 0 Å². The molecule has 3 atom stereocenters. The number of nitrogens with zero attached hydrogens (tertiary/aromatic N) is 3. The Morgan fingerprint density at radius 3 is 2.10 bits per heavy atom. The Labute approximate surface area is 305 Å². The molecule has 4 N–H and O–H groups in total. The predicted molar refractivity (Wildman–Crippen MR) is 198 cm³/mol. The van der Waals surface area contributed by atoms with E-state index >= 15 is 0 Å². The van der Waals surface area contributed by atoms with Crippen LogP contribution in [0.25, 0.3) is 0 Å². The van der Waals surface area contributed by atoms with Crippen LogP contribution in [0, 0.1) is 17.8 Å². The second-order valence-electron chi connectivity index (χ2n) is 13.2. The Bertz CT molecular complexity index is 1250. The Morgan fingerprint density at radius 2 is 1.53 bits per heavy atom. The summed E-state index contributed by atoms with van der Waals surface area (Å²) in [4.78, 5) is 87.0. The van der Waals surface area contributed by atoms with Gasteiger partial charge < -0.3 is 26.2 Å². The van der Waals surface area contributed by atoms with Gasteiger partial charge in [0.1, 0.15) is 17.8 Å². The van der Waals surface area contributed by atoms with Gasteiger partial charge in [-0.05, 0) is 49.9 Å². The van der Waals surface area contributed by atoms with Crippen molar-refractivity contribution in [2.75, 3.05) is 19.6 Å². The highest BCUT2D eigenvalue weighted by Gasteiger charge is 2.39. The van der Waals surface area contributed by atoms with Gasteiger partial charge in [0.05, 0.1) is 18.8 Å². The van der Waals surface area contributed by atoms with E-state index in [0.717, 1.165) is 50.9 Å². The monoisotopic (exact) mass is 713 g/mol. The molecule has 3 fully saturated rings. The van der Waals surface area contributed by atoms with Crippen molar-refractivity contribution >= 4 is 35.3 Å². The highest BCUT2D eigenvalue weighted by atomic mass is 16.2. The molecule has 2 aliphatic carbocycles. The molecule has 5 amide bonds. The number of Topliss-reactive ketones (excluding diaryl/α,β-unsaturated/α-hetero) is 1. The van der Waals surface area contributed by atoms with Crippen LogP contribution < -0.4 is 21.3 Å². The van der Waals surface area contributed by atoms with Crippen LogP contribution in [0.4, 0.5) is 0 Å². The van der Waals surface area contributed by atoms with Crippen LogP contribution in [0.1, 0.15) is 123 Å². The van der Waals surface area contributed by atoms with E-state index in [4.69, 9.17) is 0 Å². The van der Waals surface area contributed by atoms with Gasteiger partial charge in [-0.1, -0.05) is 86.6 Å². The maximum atomic E-state index is 13.3. The largest absolute Gasteiger partial charge is 0.346 e. The molecular formula is C38H63N7O6. The Hall–Kier alpha value is -4.16. The fraction of sp³-hybridized carbons (Fsp3) is 0.684. The molecule has 3 unspecified atom stereocenters. The molecule has 51 heavy (non-hydrogen) atoms. The first-order valence-corrected chi connectivity index (χ1v) is 18.9. The first-order chi connectivity index (χ1) is 24.5. The van der Waals surface area contributed by atoms with Crippen LogP contribution in [0.5, 0.6) is 0 Å². The van der Waals surface area contributed by atoms with E-state index in [0.29, 0.717) is 25.8 Å². The summed E-state index contributed by atoms with van der Waals surface area (Å²) in [7, 11) is 0. The number of ketones is 1. The van der Waals surface area contributed by atoms with Gasteiger partial charge in [0.25, 0.3) is 11.8 Å². The fourth-order valence-corrected chi connectivity index (χ4v) is 5.81. The maximum absolute atomic E-state index is 13.3. The van der Waals surface area contributed by atoms with E-state index in [9.17, 15) is 28.8 Å². The van der Waals surface area contributed by atoms with Crippen LogP contribution in [0.2, 0.25) is 0 Å². The summed E-state index contributed by atoms with van der Waals surface area (Å²) in [5.74, 6) is -2.42. The minimum absolute atomic E-state index is 0.0839. The third kappa shape index (κ3) is 16.2. The number of likely N-dealkylation sites (tertiary alicyclic amines) is 1. The van der Waals surface area contributed by atoms with Gasteiger partial charge in [0.15, 0.2) is 0 Å². The van der Waals surface area contributed by atoms with Crippen molar-refractivity contribution in [3.63, 3.8) is 0 Å². The third-order valence-electron chi connectivity index (χ3n) is 8.31. The second-order valence-corrected chi connectivity index (χ2v) is 13.2. The standard InChI is InChI=1S/C30H41N7O6.C4H10.2C2H6/c1-2-12-33-30(43)26(39)21(16-19-10-11-19)35-28(41)23-9-6-15-37(23)24(38)18-34-29(42)25(20-7-4-3-5-8-20)36-27(40)22-17-31-13-14-32-22;1-4(2)3;2*1-2/h2,13-14,17,19-21,23,25H,1,3-12,15-16,18H2,(H,33,43)(H,34,42)(H,35,41)(H,36,40);4H,1-3H3;2*1-2H3. The second kappa shape index (κ2) is 24.9. The Balaban J connectivity index is 0.00000149.